The van der Waals surface area contributed by atoms with E-state index in [1.807, 2.05) is 13.0 Å². The molecule has 1 aliphatic rings. The number of sulfone groups is 1. The van der Waals surface area contributed by atoms with Gasteiger partial charge in [-0.3, -0.25) is 0 Å². The molecule has 2 rings (SSSR count). The Morgan fingerprint density at radius 1 is 1.56 bits per heavy atom. The van der Waals surface area contributed by atoms with Crippen LogP contribution in [0.5, 0.6) is 0 Å². The van der Waals surface area contributed by atoms with E-state index in [4.69, 9.17) is 0 Å². The first-order chi connectivity index (χ1) is 7.55. The highest BCUT2D eigenvalue weighted by molar-refractivity contribution is 7.91. The number of aromatic nitrogens is 2. The van der Waals surface area contributed by atoms with Gasteiger partial charge in [0.25, 0.3) is 0 Å². The van der Waals surface area contributed by atoms with Crippen LogP contribution in [0.2, 0.25) is 0 Å². The SMILES string of the molecule is Cc1nccc(CNC2CCS(=O)(=O)C2)n1. The third-order valence-electron chi connectivity index (χ3n) is 2.64. The minimum atomic E-state index is -2.80. The van der Waals surface area contributed by atoms with Gasteiger partial charge in [0.15, 0.2) is 9.84 Å². The van der Waals surface area contributed by atoms with Crippen LogP contribution in [0.3, 0.4) is 0 Å². The molecule has 16 heavy (non-hydrogen) atoms. The lowest BCUT2D eigenvalue weighted by molar-refractivity contribution is 0.547. The van der Waals surface area contributed by atoms with Crippen molar-refractivity contribution in [1.82, 2.24) is 15.3 Å². The normalized spacial score (nSPS) is 23.4. The highest BCUT2D eigenvalue weighted by atomic mass is 32.2. The maximum atomic E-state index is 11.2. The number of rotatable bonds is 3. The molecule has 0 bridgehead atoms. The lowest BCUT2D eigenvalue weighted by atomic mass is 10.2. The van der Waals surface area contributed by atoms with Crippen LogP contribution >= 0.6 is 0 Å². The van der Waals surface area contributed by atoms with E-state index in [9.17, 15) is 8.42 Å². The van der Waals surface area contributed by atoms with Crippen molar-refractivity contribution in [2.45, 2.75) is 25.9 Å². The molecule has 88 valence electrons. The van der Waals surface area contributed by atoms with E-state index in [2.05, 4.69) is 15.3 Å². The first kappa shape index (κ1) is 11.5. The van der Waals surface area contributed by atoms with Crippen molar-refractivity contribution >= 4 is 9.84 Å². The van der Waals surface area contributed by atoms with Gasteiger partial charge >= 0.3 is 0 Å². The Morgan fingerprint density at radius 2 is 2.38 bits per heavy atom. The average Bonchev–Trinajstić information content (AvgIpc) is 2.56. The monoisotopic (exact) mass is 241 g/mol. The minimum Gasteiger partial charge on any atom is -0.307 e. The van der Waals surface area contributed by atoms with E-state index < -0.39 is 9.84 Å². The second-order valence-electron chi connectivity index (χ2n) is 4.08. The Morgan fingerprint density at radius 3 is 3.00 bits per heavy atom. The molecular formula is C10H15N3O2S. The molecule has 5 nitrogen and oxygen atoms in total. The van der Waals surface area contributed by atoms with Gasteiger partial charge < -0.3 is 5.32 Å². The Hall–Kier alpha value is -1.01. The second kappa shape index (κ2) is 4.47. The van der Waals surface area contributed by atoms with Crippen LogP contribution in [-0.4, -0.2) is 35.9 Å². The molecule has 6 heteroatoms. The standard InChI is InChI=1S/C10H15N3O2S/c1-8-11-4-2-9(13-8)6-12-10-3-5-16(14,15)7-10/h2,4,10,12H,3,5-7H2,1H3. The smallest absolute Gasteiger partial charge is 0.151 e. The second-order valence-corrected chi connectivity index (χ2v) is 6.30. The highest BCUT2D eigenvalue weighted by Crippen LogP contribution is 2.11. The molecule has 1 aliphatic heterocycles. The van der Waals surface area contributed by atoms with E-state index in [-0.39, 0.29) is 11.8 Å². The Labute approximate surface area is 95.2 Å². The largest absolute Gasteiger partial charge is 0.307 e. The maximum absolute atomic E-state index is 11.2. The van der Waals surface area contributed by atoms with Crippen molar-refractivity contribution in [3.63, 3.8) is 0 Å². The van der Waals surface area contributed by atoms with E-state index in [1.54, 1.807) is 6.20 Å². The zero-order valence-electron chi connectivity index (χ0n) is 9.18. The van der Waals surface area contributed by atoms with E-state index in [0.29, 0.717) is 18.7 Å². The first-order valence-corrected chi connectivity index (χ1v) is 7.10. The lowest BCUT2D eigenvalue weighted by Crippen LogP contribution is -2.29. The van der Waals surface area contributed by atoms with Gasteiger partial charge in [-0.2, -0.15) is 0 Å². The Bertz CT molecular complexity index is 473. The summed E-state index contributed by atoms with van der Waals surface area (Å²) >= 11 is 0. The molecule has 0 saturated carbocycles. The zero-order chi connectivity index (χ0) is 11.6. The molecule has 0 spiro atoms. The van der Waals surface area contributed by atoms with Gasteiger partial charge in [-0.1, -0.05) is 0 Å². The minimum absolute atomic E-state index is 0.0697. The van der Waals surface area contributed by atoms with E-state index in [1.165, 1.54) is 0 Å². The van der Waals surface area contributed by atoms with Crippen LogP contribution in [-0.2, 0) is 16.4 Å². The molecule has 0 radical (unpaired) electrons. The fourth-order valence-corrected chi connectivity index (χ4v) is 3.52. The summed E-state index contributed by atoms with van der Waals surface area (Å²) < 4.78 is 22.5. The van der Waals surface area contributed by atoms with Gasteiger partial charge in [-0.15, -0.1) is 0 Å². The molecule has 0 amide bonds. The predicted octanol–water partition coefficient (Wildman–Crippen LogP) is 0.0617. The number of nitrogens with zero attached hydrogens (tertiary/aromatic N) is 2. The van der Waals surface area contributed by atoms with Gasteiger partial charge in [-0.25, -0.2) is 18.4 Å². The molecule has 1 atom stereocenters. The van der Waals surface area contributed by atoms with Crippen LogP contribution in [0.1, 0.15) is 17.9 Å². The maximum Gasteiger partial charge on any atom is 0.151 e. The van der Waals surface area contributed by atoms with Crippen molar-refractivity contribution in [3.05, 3.63) is 23.8 Å². The fraction of sp³-hybridized carbons (Fsp3) is 0.600. The van der Waals surface area contributed by atoms with Crippen molar-refractivity contribution in [2.24, 2.45) is 0 Å². The van der Waals surface area contributed by atoms with E-state index in [0.717, 1.165) is 11.5 Å². The summed E-state index contributed by atoms with van der Waals surface area (Å²) in [4.78, 5) is 8.26. The quantitative estimate of drug-likeness (QED) is 0.810. The van der Waals surface area contributed by atoms with Gasteiger partial charge in [0.05, 0.1) is 17.2 Å². The number of hydrogen-bond donors (Lipinski definition) is 1. The molecule has 1 saturated heterocycles. The zero-order valence-corrected chi connectivity index (χ0v) is 10.00. The van der Waals surface area contributed by atoms with Crippen molar-refractivity contribution in [1.29, 1.82) is 0 Å². The Balaban J connectivity index is 1.89. The van der Waals surface area contributed by atoms with Crippen LogP contribution < -0.4 is 5.32 Å². The van der Waals surface area contributed by atoms with Crippen LogP contribution in [0, 0.1) is 6.92 Å². The number of nitrogens with one attached hydrogen (secondary N) is 1. The molecule has 1 aromatic rings. The molecule has 0 aromatic carbocycles. The molecule has 1 fully saturated rings. The summed E-state index contributed by atoms with van der Waals surface area (Å²) in [5, 5.41) is 3.21. The topological polar surface area (TPSA) is 72.0 Å². The Kier molecular flexibility index (Phi) is 3.20. The van der Waals surface area contributed by atoms with Crippen molar-refractivity contribution < 1.29 is 8.42 Å². The van der Waals surface area contributed by atoms with Gasteiger partial charge in [0, 0.05) is 18.8 Å². The summed E-state index contributed by atoms with van der Waals surface area (Å²) in [5.74, 6) is 1.28. The summed E-state index contributed by atoms with van der Waals surface area (Å²) in [7, 11) is -2.80. The number of hydrogen-bond acceptors (Lipinski definition) is 5. The molecule has 1 aromatic heterocycles. The van der Waals surface area contributed by atoms with Crippen molar-refractivity contribution in [3.8, 4) is 0 Å². The summed E-state index contributed by atoms with van der Waals surface area (Å²) in [6.45, 7) is 2.44. The molecule has 1 unspecified atom stereocenters. The van der Waals surface area contributed by atoms with Gasteiger partial charge in [0.1, 0.15) is 5.82 Å². The highest BCUT2D eigenvalue weighted by Gasteiger charge is 2.27. The lowest BCUT2D eigenvalue weighted by Gasteiger charge is -2.09. The van der Waals surface area contributed by atoms with Gasteiger partial charge in [-0.05, 0) is 19.4 Å². The molecule has 2 heterocycles. The third kappa shape index (κ3) is 2.99. The summed E-state index contributed by atoms with van der Waals surface area (Å²) in [5.41, 5.74) is 0.900. The van der Waals surface area contributed by atoms with Crippen molar-refractivity contribution in [2.75, 3.05) is 11.5 Å². The average molecular weight is 241 g/mol. The first-order valence-electron chi connectivity index (χ1n) is 5.27. The molecular weight excluding hydrogens is 226 g/mol. The third-order valence-corrected chi connectivity index (χ3v) is 4.41. The van der Waals surface area contributed by atoms with Gasteiger partial charge in [0.2, 0.25) is 0 Å². The van der Waals surface area contributed by atoms with Crippen LogP contribution in [0.15, 0.2) is 12.3 Å². The summed E-state index contributed by atoms with van der Waals surface area (Å²) in [6.07, 6.45) is 2.41. The molecule has 1 N–H and O–H groups in total. The fourth-order valence-electron chi connectivity index (χ4n) is 1.81. The summed E-state index contributed by atoms with van der Waals surface area (Å²) in [6, 6.07) is 1.91. The number of aryl methyl sites for hydroxylation is 1. The molecule has 0 aliphatic carbocycles. The van der Waals surface area contributed by atoms with Crippen LogP contribution in [0.25, 0.3) is 0 Å². The van der Waals surface area contributed by atoms with E-state index >= 15 is 0 Å². The van der Waals surface area contributed by atoms with Crippen LogP contribution in [0.4, 0.5) is 0 Å². The predicted molar refractivity (Wildman–Crippen MR) is 60.7 cm³/mol.